The molecule has 1 aromatic rings. The van der Waals surface area contributed by atoms with Gasteiger partial charge in [0.2, 0.25) is 5.60 Å². The van der Waals surface area contributed by atoms with Gasteiger partial charge >= 0.3 is 17.9 Å². The van der Waals surface area contributed by atoms with Gasteiger partial charge in [0.25, 0.3) is 6.04 Å². The number of allylic oxidation sites excluding steroid dienone is 1. The Hall–Kier alpha value is -3.12. The zero-order valence-corrected chi connectivity index (χ0v) is 18.1. The first-order valence-corrected chi connectivity index (χ1v) is 9.77. The van der Waals surface area contributed by atoms with Crippen LogP contribution in [0.25, 0.3) is 0 Å². The summed E-state index contributed by atoms with van der Waals surface area (Å²) in [6.45, 7) is 0.821. The molecule has 0 fully saturated rings. The van der Waals surface area contributed by atoms with Gasteiger partial charge in [0.05, 0.1) is 26.3 Å². The number of aliphatic hydroxyl groups is 1. The molecule has 1 heterocycles. The molecule has 0 bridgehead atoms. The molecule has 174 valence electrons. The number of hydrogen-bond acceptors (Lipinski definition) is 7. The summed E-state index contributed by atoms with van der Waals surface area (Å²) < 4.78 is 5.13. The van der Waals surface area contributed by atoms with Crippen LogP contribution >= 0.6 is 0 Å². The molecule has 11 heteroatoms. The fourth-order valence-corrected chi connectivity index (χ4v) is 3.69. The zero-order chi connectivity index (χ0) is 24.1. The summed E-state index contributed by atoms with van der Waals surface area (Å²) in [6.07, 6.45) is 0.632. The number of aliphatic carboxylic acids is 3. The highest BCUT2D eigenvalue weighted by molar-refractivity contribution is 5.91. The monoisotopic (exact) mass is 450 g/mol. The van der Waals surface area contributed by atoms with E-state index in [-0.39, 0.29) is 12.3 Å². The summed E-state index contributed by atoms with van der Waals surface area (Å²) in [4.78, 5) is 37.3. The molecule has 0 radical (unpaired) electrons. The van der Waals surface area contributed by atoms with Crippen molar-refractivity contribution in [3.8, 4) is 0 Å². The van der Waals surface area contributed by atoms with Crippen molar-refractivity contribution in [2.45, 2.75) is 24.2 Å². The molecule has 1 aromatic carbocycles. The molecule has 0 aliphatic carbocycles. The van der Waals surface area contributed by atoms with Gasteiger partial charge in [-0.25, -0.2) is 9.59 Å². The Kier molecular flexibility index (Phi) is 7.86. The topological polar surface area (TPSA) is 157 Å². The van der Waals surface area contributed by atoms with Crippen LogP contribution in [0.2, 0.25) is 0 Å². The summed E-state index contributed by atoms with van der Waals surface area (Å²) >= 11 is 0. The van der Waals surface area contributed by atoms with E-state index < -0.39 is 46.7 Å². The first kappa shape index (κ1) is 25.1. The number of nitrogens with zero attached hydrogens (tertiary/aromatic N) is 3. The molecule has 0 aromatic heterocycles. The van der Waals surface area contributed by atoms with Crippen LogP contribution in [0, 0.1) is 0 Å². The standard InChI is InChI=1S/C21H27N3O8/c1-23(2)11-12-32-17(14-7-5-4-6-8-14)15-9-10-22-24(15,3)18(19(27)28)21(31,20(29)30)13-16(25)26/h4-10,17-18,31H,11-13H2,1-3H3,(H2-,25,26,27,28,29,30)/p+1. The molecule has 0 saturated carbocycles. The van der Waals surface area contributed by atoms with E-state index in [9.17, 15) is 34.8 Å². The van der Waals surface area contributed by atoms with E-state index in [1.165, 1.54) is 19.3 Å². The van der Waals surface area contributed by atoms with E-state index in [2.05, 4.69) is 5.10 Å². The van der Waals surface area contributed by atoms with Crippen LogP contribution in [0.3, 0.4) is 0 Å². The van der Waals surface area contributed by atoms with E-state index in [0.29, 0.717) is 12.1 Å². The number of hydrogen-bond donors (Lipinski definition) is 4. The number of carboxylic acid groups (broad SMARTS) is 3. The Balaban J connectivity index is 2.57. The minimum atomic E-state index is -3.14. The molecule has 4 unspecified atom stereocenters. The molecule has 4 N–H and O–H groups in total. The number of ether oxygens (including phenoxy) is 1. The maximum atomic E-state index is 12.3. The predicted octanol–water partition coefficient (Wildman–Crippen LogP) is 0.379. The SMILES string of the molecule is CN(C)CCOC(C1=CC=N[N+]1(C)C(C(=O)O)C(O)(CC(=O)O)C(=O)O)c1ccccc1. The molecule has 0 spiro atoms. The van der Waals surface area contributed by atoms with E-state index in [4.69, 9.17) is 4.74 Å². The average Bonchev–Trinajstić information content (AvgIpc) is 3.06. The van der Waals surface area contributed by atoms with Crippen LogP contribution in [0.15, 0.2) is 47.2 Å². The Labute approximate surface area is 185 Å². The third-order valence-corrected chi connectivity index (χ3v) is 5.25. The highest BCUT2D eigenvalue weighted by Gasteiger charge is 2.63. The molecule has 1 aliphatic heterocycles. The largest absolute Gasteiger partial charge is 0.481 e. The van der Waals surface area contributed by atoms with Gasteiger partial charge in [0.15, 0.2) is 11.8 Å². The van der Waals surface area contributed by atoms with Gasteiger partial charge in [-0.3, -0.25) is 4.79 Å². The quantitative estimate of drug-likeness (QED) is 0.330. The van der Waals surface area contributed by atoms with Crippen molar-refractivity contribution in [1.82, 2.24) is 4.90 Å². The van der Waals surface area contributed by atoms with Crippen molar-refractivity contribution in [3.63, 3.8) is 0 Å². The van der Waals surface area contributed by atoms with Crippen molar-refractivity contribution >= 4 is 24.1 Å². The van der Waals surface area contributed by atoms with E-state index in [0.717, 1.165) is 0 Å². The third-order valence-electron chi connectivity index (χ3n) is 5.25. The van der Waals surface area contributed by atoms with E-state index in [1.54, 1.807) is 30.3 Å². The molecule has 0 amide bonds. The van der Waals surface area contributed by atoms with Crippen LogP contribution in [0.5, 0.6) is 0 Å². The van der Waals surface area contributed by atoms with Crippen molar-refractivity contribution in [2.75, 3.05) is 34.3 Å². The molecular formula is C21H28N3O8+. The van der Waals surface area contributed by atoms with Crippen LogP contribution in [-0.2, 0) is 19.1 Å². The maximum Gasteiger partial charge on any atom is 0.369 e. The Morgan fingerprint density at radius 1 is 1.16 bits per heavy atom. The molecule has 4 atom stereocenters. The van der Waals surface area contributed by atoms with Crippen LogP contribution in [0.4, 0.5) is 0 Å². The van der Waals surface area contributed by atoms with E-state index in [1.807, 2.05) is 19.0 Å². The zero-order valence-electron chi connectivity index (χ0n) is 18.1. The Morgan fingerprint density at radius 3 is 2.28 bits per heavy atom. The first-order valence-electron chi connectivity index (χ1n) is 9.77. The fraction of sp³-hybridized carbons (Fsp3) is 0.429. The minimum Gasteiger partial charge on any atom is -0.481 e. The second-order valence-electron chi connectivity index (χ2n) is 7.89. The first-order chi connectivity index (χ1) is 14.9. The smallest absolute Gasteiger partial charge is 0.369 e. The van der Waals surface area contributed by atoms with Crippen LogP contribution in [-0.4, -0.2) is 100.0 Å². The van der Waals surface area contributed by atoms with E-state index >= 15 is 0 Å². The lowest BCUT2D eigenvalue weighted by Crippen LogP contribution is -2.66. The van der Waals surface area contributed by atoms with Crippen molar-refractivity contribution in [3.05, 3.63) is 47.7 Å². The number of carbonyl (C=O) groups is 3. The average molecular weight is 450 g/mol. The number of carboxylic acids is 3. The highest BCUT2D eigenvalue weighted by Crippen LogP contribution is 2.40. The third kappa shape index (κ3) is 5.19. The van der Waals surface area contributed by atoms with Gasteiger partial charge in [-0.15, -0.1) is 0 Å². The summed E-state index contributed by atoms with van der Waals surface area (Å²) in [6, 6.07) is 6.70. The Bertz CT molecular complexity index is 917. The van der Waals surface area contributed by atoms with Crippen molar-refractivity contribution in [2.24, 2.45) is 5.10 Å². The summed E-state index contributed by atoms with van der Waals surface area (Å²) in [5.74, 6) is -5.36. The maximum absolute atomic E-state index is 12.3. The Morgan fingerprint density at radius 2 is 1.78 bits per heavy atom. The normalized spacial score (nSPS) is 21.6. The number of quaternary nitrogens is 1. The molecule has 32 heavy (non-hydrogen) atoms. The molecule has 11 nitrogen and oxygen atoms in total. The molecule has 1 aliphatic rings. The van der Waals surface area contributed by atoms with Gasteiger partial charge in [0.1, 0.15) is 0 Å². The predicted molar refractivity (Wildman–Crippen MR) is 113 cm³/mol. The second-order valence-corrected chi connectivity index (χ2v) is 7.89. The molecule has 2 rings (SSSR count). The fourth-order valence-electron chi connectivity index (χ4n) is 3.69. The number of likely N-dealkylation sites (N-methyl/N-ethyl adjacent to an activating group) is 2. The van der Waals surface area contributed by atoms with Gasteiger partial charge in [-0.2, -0.15) is 4.59 Å². The summed E-state index contributed by atoms with van der Waals surface area (Å²) in [5, 5.41) is 43.7. The van der Waals surface area contributed by atoms with Gasteiger partial charge in [-0.05, 0) is 19.7 Å². The van der Waals surface area contributed by atoms with Gasteiger partial charge < -0.3 is 30.1 Å². The summed E-state index contributed by atoms with van der Waals surface area (Å²) in [5.41, 5.74) is -2.24. The van der Waals surface area contributed by atoms with Crippen molar-refractivity contribution in [1.29, 1.82) is 0 Å². The van der Waals surface area contributed by atoms with Crippen LogP contribution < -0.4 is 0 Å². The number of benzene rings is 1. The lowest BCUT2D eigenvalue weighted by Gasteiger charge is -2.40. The molecular weight excluding hydrogens is 422 g/mol. The second kappa shape index (κ2) is 10.0. The van der Waals surface area contributed by atoms with Gasteiger partial charge in [0, 0.05) is 12.6 Å². The lowest BCUT2D eigenvalue weighted by molar-refractivity contribution is -0.902. The summed E-state index contributed by atoms with van der Waals surface area (Å²) in [7, 11) is 5.02. The van der Waals surface area contributed by atoms with Gasteiger partial charge in [-0.1, -0.05) is 35.4 Å². The molecule has 0 saturated heterocycles. The van der Waals surface area contributed by atoms with Crippen molar-refractivity contribution < 1.29 is 44.1 Å². The number of rotatable bonds is 12. The minimum absolute atomic E-state index is 0.243. The lowest BCUT2D eigenvalue weighted by atomic mass is 9.87. The van der Waals surface area contributed by atoms with Crippen LogP contribution in [0.1, 0.15) is 18.1 Å². The highest BCUT2D eigenvalue weighted by atomic mass is 16.5.